The SMILES string of the molecule is COc1cc(OC)c(C(=O)NCC2(C(=O)O)CCOCC2)cc1OC. The molecule has 2 N–H and O–H groups in total. The Morgan fingerprint density at radius 1 is 1.08 bits per heavy atom. The van der Waals surface area contributed by atoms with Gasteiger partial charge < -0.3 is 29.4 Å². The highest BCUT2D eigenvalue weighted by Gasteiger charge is 2.40. The van der Waals surface area contributed by atoms with Gasteiger partial charge in [0.25, 0.3) is 5.91 Å². The van der Waals surface area contributed by atoms with Crippen LogP contribution in [-0.2, 0) is 9.53 Å². The van der Waals surface area contributed by atoms with Crippen LogP contribution in [0.3, 0.4) is 0 Å². The molecule has 2 rings (SSSR count). The molecule has 1 aliphatic rings. The second kappa shape index (κ2) is 8.06. The van der Waals surface area contributed by atoms with Gasteiger partial charge >= 0.3 is 5.97 Å². The van der Waals surface area contributed by atoms with Crippen LogP contribution in [-0.4, -0.2) is 58.1 Å². The van der Waals surface area contributed by atoms with Gasteiger partial charge in [-0.25, -0.2) is 0 Å². The largest absolute Gasteiger partial charge is 0.496 e. The summed E-state index contributed by atoms with van der Waals surface area (Å²) in [5.74, 6) is -0.249. The molecule has 138 valence electrons. The van der Waals surface area contributed by atoms with E-state index >= 15 is 0 Å². The molecule has 1 heterocycles. The lowest BCUT2D eigenvalue weighted by Gasteiger charge is -2.33. The van der Waals surface area contributed by atoms with Crippen LogP contribution in [0.4, 0.5) is 0 Å². The predicted octanol–water partition coefficient (Wildman–Crippen LogP) is 1.32. The fourth-order valence-electron chi connectivity index (χ4n) is 2.78. The van der Waals surface area contributed by atoms with Crippen molar-refractivity contribution < 1.29 is 33.6 Å². The Labute approximate surface area is 146 Å². The first-order valence-electron chi connectivity index (χ1n) is 7.87. The number of carboxylic acid groups (broad SMARTS) is 1. The van der Waals surface area contributed by atoms with E-state index in [0.717, 1.165) is 0 Å². The summed E-state index contributed by atoms with van der Waals surface area (Å²) >= 11 is 0. The first-order chi connectivity index (χ1) is 12.0. The van der Waals surface area contributed by atoms with E-state index in [4.69, 9.17) is 18.9 Å². The van der Waals surface area contributed by atoms with Gasteiger partial charge in [0, 0.05) is 31.9 Å². The quantitative estimate of drug-likeness (QED) is 0.762. The van der Waals surface area contributed by atoms with E-state index < -0.39 is 17.3 Å². The first kappa shape index (κ1) is 18.9. The fourth-order valence-corrected chi connectivity index (χ4v) is 2.78. The van der Waals surface area contributed by atoms with Crippen molar-refractivity contribution in [2.45, 2.75) is 12.8 Å². The molecule has 0 aromatic heterocycles. The van der Waals surface area contributed by atoms with Crippen molar-refractivity contribution in [1.29, 1.82) is 0 Å². The maximum atomic E-state index is 12.6. The number of carboxylic acids is 1. The summed E-state index contributed by atoms with van der Waals surface area (Å²) in [6.45, 7) is 0.742. The van der Waals surface area contributed by atoms with E-state index in [-0.39, 0.29) is 12.1 Å². The van der Waals surface area contributed by atoms with E-state index in [1.54, 1.807) is 6.07 Å². The molecule has 0 saturated carbocycles. The van der Waals surface area contributed by atoms with Crippen LogP contribution >= 0.6 is 0 Å². The van der Waals surface area contributed by atoms with Crippen LogP contribution in [0.25, 0.3) is 0 Å². The third-order valence-electron chi connectivity index (χ3n) is 4.44. The van der Waals surface area contributed by atoms with Crippen LogP contribution in [0.1, 0.15) is 23.2 Å². The van der Waals surface area contributed by atoms with Crippen molar-refractivity contribution in [3.63, 3.8) is 0 Å². The van der Waals surface area contributed by atoms with Gasteiger partial charge in [-0.1, -0.05) is 0 Å². The molecule has 0 unspecified atom stereocenters. The minimum Gasteiger partial charge on any atom is -0.496 e. The molecule has 1 saturated heterocycles. The van der Waals surface area contributed by atoms with Crippen LogP contribution in [0.15, 0.2) is 12.1 Å². The van der Waals surface area contributed by atoms with Crippen molar-refractivity contribution in [2.24, 2.45) is 5.41 Å². The second-order valence-corrected chi connectivity index (χ2v) is 5.79. The number of hydrogen-bond acceptors (Lipinski definition) is 6. The molecule has 0 bridgehead atoms. The number of amides is 1. The molecule has 0 spiro atoms. The highest BCUT2D eigenvalue weighted by molar-refractivity contribution is 5.98. The number of carbonyl (C=O) groups is 2. The van der Waals surface area contributed by atoms with Gasteiger partial charge in [0.1, 0.15) is 5.75 Å². The van der Waals surface area contributed by atoms with Crippen molar-refractivity contribution in [3.05, 3.63) is 17.7 Å². The molecular formula is C17H23NO7. The summed E-state index contributed by atoms with van der Waals surface area (Å²) in [5.41, 5.74) is -0.773. The highest BCUT2D eigenvalue weighted by Crippen LogP contribution is 2.35. The molecule has 8 heteroatoms. The molecule has 1 aliphatic heterocycles. The van der Waals surface area contributed by atoms with Crippen molar-refractivity contribution in [2.75, 3.05) is 41.1 Å². The Bertz CT molecular complexity index is 638. The summed E-state index contributed by atoms with van der Waals surface area (Å²) < 4.78 is 20.9. The summed E-state index contributed by atoms with van der Waals surface area (Å²) in [5, 5.41) is 12.3. The number of aliphatic carboxylic acids is 1. The van der Waals surface area contributed by atoms with E-state index in [0.29, 0.717) is 43.3 Å². The summed E-state index contributed by atoms with van der Waals surface area (Å²) in [6, 6.07) is 3.06. The number of nitrogens with one attached hydrogen (secondary N) is 1. The third kappa shape index (κ3) is 3.96. The zero-order valence-corrected chi connectivity index (χ0v) is 14.6. The molecule has 1 aromatic rings. The predicted molar refractivity (Wildman–Crippen MR) is 88.6 cm³/mol. The summed E-state index contributed by atoms with van der Waals surface area (Å²) in [4.78, 5) is 24.3. The lowest BCUT2D eigenvalue weighted by molar-refractivity contribution is -0.154. The lowest BCUT2D eigenvalue weighted by atomic mass is 9.80. The van der Waals surface area contributed by atoms with E-state index in [2.05, 4.69) is 5.32 Å². The molecular weight excluding hydrogens is 330 g/mol. The average molecular weight is 353 g/mol. The highest BCUT2D eigenvalue weighted by atomic mass is 16.5. The maximum absolute atomic E-state index is 12.6. The summed E-state index contributed by atoms with van der Waals surface area (Å²) in [7, 11) is 4.39. The zero-order chi connectivity index (χ0) is 18.4. The van der Waals surface area contributed by atoms with Crippen molar-refractivity contribution in [3.8, 4) is 17.2 Å². The van der Waals surface area contributed by atoms with Crippen LogP contribution in [0.2, 0.25) is 0 Å². The number of hydrogen-bond donors (Lipinski definition) is 2. The summed E-state index contributed by atoms with van der Waals surface area (Å²) in [6.07, 6.45) is 0.706. The Kier molecular flexibility index (Phi) is 6.08. The fraction of sp³-hybridized carbons (Fsp3) is 0.529. The van der Waals surface area contributed by atoms with Gasteiger partial charge in [0.05, 0.1) is 32.3 Å². The number of ether oxygens (including phenoxy) is 4. The van der Waals surface area contributed by atoms with E-state index in [1.165, 1.54) is 27.4 Å². The standard InChI is InChI=1S/C17H23NO7/c1-22-12-9-14(24-3)13(23-2)8-11(12)15(19)18-10-17(16(20)21)4-6-25-7-5-17/h8-9H,4-7,10H2,1-3H3,(H,18,19)(H,20,21). The molecule has 25 heavy (non-hydrogen) atoms. The smallest absolute Gasteiger partial charge is 0.311 e. The Morgan fingerprint density at radius 2 is 1.64 bits per heavy atom. The van der Waals surface area contributed by atoms with Crippen molar-refractivity contribution in [1.82, 2.24) is 5.32 Å². The van der Waals surface area contributed by atoms with Gasteiger partial charge in [-0.2, -0.15) is 0 Å². The Hall–Kier alpha value is -2.48. The Morgan fingerprint density at radius 3 is 2.16 bits per heavy atom. The van der Waals surface area contributed by atoms with Crippen LogP contribution < -0.4 is 19.5 Å². The second-order valence-electron chi connectivity index (χ2n) is 5.79. The van der Waals surface area contributed by atoms with Gasteiger partial charge in [0.2, 0.25) is 0 Å². The van der Waals surface area contributed by atoms with Gasteiger partial charge in [0.15, 0.2) is 11.5 Å². The zero-order valence-electron chi connectivity index (χ0n) is 14.6. The molecule has 0 radical (unpaired) electrons. The number of methoxy groups -OCH3 is 3. The van der Waals surface area contributed by atoms with E-state index in [9.17, 15) is 14.7 Å². The lowest BCUT2D eigenvalue weighted by Crippen LogP contribution is -2.46. The number of benzene rings is 1. The molecule has 1 aromatic carbocycles. The van der Waals surface area contributed by atoms with Crippen LogP contribution in [0.5, 0.6) is 17.2 Å². The molecule has 8 nitrogen and oxygen atoms in total. The van der Waals surface area contributed by atoms with Gasteiger partial charge in [-0.15, -0.1) is 0 Å². The minimum absolute atomic E-state index is 0.0159. The molecule has 1 fully saturated rings. The molecule has 1 amide bonds. The number of carbonyl (C=O) groups excluding carboxylic acids is 1. The molecule has 0 aliphatic carbocycles. The van der Waals surface area contributed by atoms with Crippen molar-refractivity contribution >= 4 is 11.9 Å². The topological polar surface area (TPSA) is 103 Å². The monoisotopic (exact) mass is 353 g/mol. The normalized spacial score (nSPS) is 16.0. The Balaban J connectivity index is 2.21. The maximum Gasteiger partial charge on any atom is 0.311 e. The van der Waals surface area contributed by atoms with Crippen LogP contribution in [0, 0.1) is 5.41 Å². The molecule has 0 atom stereocenters. The first-order valence-corrected chi connectivity index (χ1v) is 7.87. The van der Waals surface area contributed by atoms with E-state index in [1.807, 2.05) is 0 Å². The van der Waals surface area contributed by atoms with Gasteiger partial charge in [-0.05, 0) is 12.8 Å². The van der Waals surface area contributed by atoms with Gasteiger partial charge in [-0.3, -0.25) is 9.59 Å². The number of rotatable bonds is 7. The minimum atomic E-state index is -1.02. The third-order valence-corrected chi connectivity index (χ3v) is 4.44. The average Bonchev–Trinajstić information content (AvgIpc) is 2.65.